The third-order valence-corrected chi connectivity index (χ3v) is 3.46. The number of aromatic nitrogens is 2. The molecule has 1 unspecified atom stereocenters. The molecule has 0 amide bonds. The first kappa shape index (κ1) is 12.9. The molecule has 0 aliphatic rings. The van der Waals surface area contributed by atoms with E-state index in [2.05, 4.69) is 5.10 Å². The highest BCUT2D eigenvalue weighted by atomic mass is 127. The van der Waals surface area contributed by atoms with Crippen molar-refractivity contribution < 1.29 is 19.6 Å². The summed E-state index contributed by atoms with van der Waals surface area (Å²) in [5.74, 6) is -0.562. The number of hydrogen-bond donors (Lipinski definition) is 2. The number of ether oxygens (including phenoxy) is 1. The number of esters is 1. The number of rotatable bonds is 4. The van der Waals surface area contributed by atoms with Gasteiger partial charge in [-0.3, -0.25) is 0 Å². The summed E-state index contributed by atoms with van der Waals surface area (Å²) in [6, 6.07) is 1.31. The molecule has 0 bridgehead atoms. The van der Waals surface area contributed by atoms with E-state index < -0.39 is 13.1 Å². The van der Waals surface area contributed by atoms with Crippen LogP contribution in [0.5, 0.6) is 0 Å². The lowest BCUT2D eigenvalue weighted by Gasteiger charge is -1.99. The molecule has 9 heteroatoms. The Hall–Kier alpha value is -0.175. The lowest BCUT2D eigenvalue weighted by molar-refractivity contribution is 0.0519. The van der Waals surface area contributed by atoms with E-state index in [0.29, 0.717) is 0 Å². The first-order chi connectivity index (χ1) is 7.10. The second-order valence-corrected chi connectivity index (χ2v) is 4.58. The van der Waals surface area contributed by atoms with Gasteiger partial charge in [-0.15, -0.1) is 0 Å². The van der Waals surface area contributed by atoms with Crippen molar-refractivity contribution in [3.05, 3.63) is 11.8 Å². The maximum absolute atomic E-state index is 11.3. The highest BCUT2D eigenvalue weighted by Gasteiger charge is 2.22. The van der Waals surface area contributed by atoms with E-state index in [1.54, 1.807) is 6.92 Å². The third-order valence-electron chi connectivity index (χ3n) is 1.57. The van der Waals surface area contributed by atoms with Crippen molar-refractivity contribution in [3.63, 3.8) is 0 Å². The summed E-state index contributed by atoms with van der Waals surface area (Å²) in [5.41, 5.74) is 0.273. The van der Waals surface area contributed by atoms with Crippen molar-refractivity contribution in [1.82, 2.24) is 9.55 Å². The van der Waals surface area contributed by atoms with Crippen LogP contribution in [-0.4, -0.2) is 39.3 Å². The Labute approximate surface area is 101 Å². The van der Waals surface area contributed by atoms with Crippen molar-refractivity contribution >= 4 is 47.1 Å². The molecule has 0 aliphatic carbocycles. The summed E-state index contributed by atoms with van der Waals surface area (Å²) in [7, 11) is -1.64. The molecule has 2 N–H and O–H groups in total. The van der Waals surface area contributed by atoms with E-state index in [0.717, 1.165) is 0 Å². The number of hydrogen-bond acceptors (Lipinski definition) is 5. The standard InChI is InChI=1S/C6H9BIN2O4P/c1-2-14-6(11)4-3-5(7(12)13)10(9-4)15-8/h3,12-13,15H,2H2,1H3. The summed E-state index contributed by atoms with van der Waals surface area (Å²) >= 11 is 2.02. The molecule has 1 aromatic rings. The SMILES string of the molecule is CCOC(=O)c1cc(B(O)O)n(PI)n1. The second-order valence-electron chi connectivity index (χ2n) is 2.54. The van der Waals surface area contributed by atoms with E-state index in [-0.39, 0.29) is 24.3 Å². The van der Waals surface area contributed by atoms with Crippen molar-refractivity contribution in [1.29, 1.82) is 0 Å². The van der Waals surface area contributed by atoms with E-state index in [4.69, 9.17) is 14.8 Å². The van der Waals surface area contributed by atoms with Crippen LogP contribution in [0.25, 0.3) is 0 Å². The van der Waals surface area contributed by atoms with Crippen LogP contribution in [0.1, 0.15) is 17.4 Å². The summed E-state index contributed by atoms with van der Waals surface area (Å²) in [5, 5.41) is 21.9. The number of halogens is 1. The third kappa shape index (κ3) is 3.14. The monoisotopic (exact) mass is 342 g/mol. The van der Waals surface area contributed by atoms with Crippen LogP contribution in [0.2, 0.25) is 0 Å². The predicted molar refractivity (Wildman–Crippen MR) is 65.7 cm³/mol. The Morgan fingerprint density at radius 2 is 2.47 bits per heavy atom. The second kappa shape index (κ2) is 5.79. The molecule has 0 fully saturated rings. The van der Waals surface area contributed by atoms with Crippen LogP contribution in [0, 0.1) is 0 Å². The molecule has 1 rings (SSSR count). The first-order valence-corrected chi connectivity index (χ1v) is 8.16. The minimum atomic E-state index is -1.64. The highest BCUT2D eigenvalue weighted by molar-refractivity contribution is 14.2. The maximum atomic E-state index is 11.3. The number of carbonyl (C=O) groups excluding carboxylic acids is 1. The van der Waals surface area contributed by atoms with E-state index in [1.165, 1.54) is 10.5 Å². The summed E-state index contributed by atoms with van der Waals surface area (Å²) in [4.78, 5) is 11.3. The molecule has 1 atom stereocenters. The number of carbonyl (C=O) groups is 1. The summed E-state index contributed by atoms with van der Waals surface area (Å²) in [6.07, 6.45) is 0.185. The predicted octanol–water partition coefficient (Wildman–Crippen LogP) is -0.469. The fourth-order valence-corrected chi connectivity index (χ4v) is 2.53. The van der Waals surface area contributed by atoms with Gasteiger partial charge in [0, 0.05) is 0 Å². The van der Waals surface area contributed by atoms with Gasteiger partial charge in [-0.05, 0) is 35.0 Å². The van der Waals surface area contributed by atoms with Gasteiger partial charge in [-0.2, -0.15) is 5.10 Å². The zero-order chi connectivity index (χ0) is 11.4. The Balaban J connectivity index is 2.97. The van der Waals surface area contributed by atoms with Gasteiger partial charge >= 0.3 is 13.1 Å². The fourth-order valence-electron chi connectivity index (χ4n) is 0.952. The van der Waals surface area contributed by atoms with E-state index in [9.17, 15) is 4.79 Å². The van der Waals surface area contributed by atoms with Gasteiger partial charge in [0.1, 0.15) is 0 Å². The van der Waals surface area contributed by atoms with Crippen LogP contribution >= 0.6 is 28.4 Å². The van der Waals surface area contributed by atoms with E-state index in [1.807, 2.05) is 22.0 Å². The molecular weight excluding hydrogens is 333 g/mol. The molecule has 0 spiro atoms. The van der Waals surface area contributed by atoms with Crippen LogP contribution in [0.3, 0.4) is 0 Å². The quantitative estimate of drug-likeness (QED) is 0.335. The van der Waals surface area contributed by atoms with Gasteiger partial charge in [0.25, 0.3) is 0 Å². The van der Waals surface area contributed by atoms with Gasteiger partial charge in [0.15, 0.2) is 5.69 Å². The molecule has 0 aliphatic heterocycles. The molecule has 0 aromatic carbocycles. The largest absolute Gasteiger partial charge is 0.508 e. The van der Waals surface area contributed by atoms with Crippen molar-refractivity contribution in [2.45, 2.75) is 6.92 Å². The van der Waals surface area contributed by atoms with Crippen molar-refractivity contribution in [2.24, 2.45) is 0 Å². The van der Waals surface area contributed by atoms with Gasteiger partial charge in [-0.1, -0.05) is 0 Å². The normalized spacial score (nSPS) is 10.9. The van der Waals surface area contributed by atoms with Crippen LogP contribution < -0.4 is 5.59 Å². The Morgan fingerprint density at radius 1 is 1.80 bits per heavy atom. The van der Waals surface area contributed by atoms with Gasteiger partial charge in [0.2, 0.25) is 0 Å². The van der Waals surface area contributed by atoms with Gasteiger partial charge < -0.3 is 14.8 Å². The number of nitrogens with zero attached hydrogens (tertiary/aromatic N) is 2. The minimum Gasteiger partial charge on any atom is -0.461 e. The first-order valence-electron chi connectivity index (χ1n) is 4.10. The molecule has 0 radical (unpaired) electrons. The molecule has 1 heterocycles. The topological polar surface area (TPSA) is 84.6 Å². The lowest BCUT2D eigenvalue weighted by atomic mass is 9.86. The molecule has 1 aromatic heterocycles. The maximum Gasteiger partial charge on any atom is 0.508 e. The lowest BCUT2D eigenvalue weighted by Crippen LogP contribution is -2.34. The Kier molecular flexibility index (Phi) is 4.97. The molecule has 0 saturated carbocycles. The smallest absolute Gasteiger partial charge is 0.461 e. The fraction of sp³-hybridized carbons (Fsp3) is 0.333. The van der Waals surface area contributed by atoms with Crippen LogP contribution in [0.4, 0.5) is 0 Å². The van der Waals surface area contributed by atoms with Crippen LogP contribution in [0.15, 0.2) is 6.07 Å². The van der Waals surface area contributed by atoms with Crippen LogP contribution in [-0.2, 0) is 4.74 Å². The summed E-state index contributed by atoms with van der Waals surface area (Å²) < 4.78 is 6.10. The molecule has 82 valence electrons. The minimum absolute atomic E-state index is 0.0871. The zero-order valence-electron chi connectivity index (χ0n) is 7.85. The highest BCUT2D eigenvalue weighted by Crippen LogP contribution is 2.21. The van der Waals surface area contributed by atoms with Gasteiger partial charge in [0.05, 0.1) is 18.6 Å². The molecule has 6 nitrogen and oxygen atoms in total. The van der Waals surface area contributed by atoms with Gasteiger partial charge in [-0.25, -0.2) is 9.25 Å². The average Bonchev–Trinajstić information content (AvgIpc) is 2.61. The van der Waals surface area contributed by atoms with Crippen molar-refractivity contribution in [3.8, 4) is 0 Å². The van der Waals surface area contributed by atoms with Crippen molar-refractivity contribution in [2.75, 3.05) is 6.61 Å². The Bertz CT molecular complexity index is 359. The van der Waals surface area contributed by atoms with E-state index >= 15 is 0 Å². The average molecular weight is 342 g/mol. The molecular formula is C6H9BIN2O4P. The summed E-state index contributed by atoms with van der Waals surface area (Å²) in [6.45, 7) is 1.95. The zero-order valence-corrected chi connectivity index (χ0v) is 11.0. The Morgan fingerprint density at radius 3 is 2.87 bits per heavy atom. The molecule has 15 heavy (non-hydrogen) atoms. The molecule has 0 saturated heterocycles.